The van der Waals surface area contributed by atoms with Gasteiger partial charge in [0.2, 0.25) is 0 Å². The van der Waals surface area contributed by atoms with E-state index >= 15 is 0 Å². The summed E-state index contributed by atoms with van der Waals surface area (Å²) in [6.07, 6.45) is 6.14. The maximum absolute atomic E-state index is 3.80. The van der Waals surface area contributed by atoms with E-state index in [2.05, 4.69) is 73.7 Å². The van der Waals surface area contributed by atoms with Gasteiger partial charge >= 0.3 is 12.2 Å². The van der Waals surface area contributed by atoms with Crippen LogP contribution in [0.25, 0.3) is 23.1 Å². The van der Waals surface area contributed by atoms with Crippen LogP contribution in [0.4, 0.5) is 0 Å². The molecule has 0 saturated heterocycles. The second-order valence-corrected chi connectivity index (χ2v) is 5.86. The average Bonchev–Trinajstić information content (AvgIpc) is 2.62. The van der Waals surface area contributed by atoms with E-state index in [0.717, 1.165) is 0 Å². The van der Waals surface area contributed by atoms with Crippen molar-refractivity contribution < 1.29 is 0 Å². The fourth-order valence-electron chi connectivity index (χ4n) is 2.00. The Morgan fingerprint density at radius 1 is 1.38 bits per heavy atom. The standard InChI is InChI=1S/C13H12N.Al.HI/c1-3-7-12-10(4-2)11-8-5-6-9-13(11)14-12;;/h3-9H,1H2,2H3;;1H/q-1;+2;/p-1/b10-4-,12-7+;;. The largest absolute Gasteiger partial charge is 0.478 e. The molecule has 16 heavy (non-hydrogen) atoms. The van der Waals surface area contributed by atoms with E-state index in [0.29, 0.717) is 0 Å². The Morgan fingerprint density at radius 3 is 2.75 bits per heavy atom. The van der Waals surface area contributed by atoms with Crippen LogP contribution in [0.5, 0.6) is 0 Å². The fraction of sp³-hybridized carbons (Fsp3) is 0.0769. The van der Waals surface area contributed by atoms with Crippen molar-refractivity contribution in [2.45, 2.75) is 6.92 Å². The number of nitrogens with zero attached hydrogens (tertiary/aromatic N) is 1. The number of fused-ring (bicyclic) bond motifs is 1. The van der Waals surface area contributed by atoms with Crippen molar-refractivity contribution in [3.05, 3.63) is 47.5 Å². The molecule has 1 radical (unpaired) electrons. The molecule has 1 aromatic carbocycles. The van der Waals surface area contributed by atoms with Gasteiger partial charge in [-0.15, -0.1) is 0 Å². The lowest BCUT2D eigenvalue weighted by atomic mass is 10.2. The van der Waals surface area contributed by atoms with Gasteiger partial charge in [0.1, 0.15) is 0 Å². The third-order valence-electron chi connectivity index (χ3n) is 2.65. The molecule has 79 valence electrons. The van der Waals surface area contributed by atoms with E-state index in [1.54, 1.807) is 0 Å². The van der Waals surface area contributed by atoms with Gasteiger partial charge < -0.3 is 3.55 Å². The zero-order valence-electron chi connectivity index (χ0n) is 9.15. The molecule has 1 nitrogen and oxygen atoms in total. The van der Waals surface area contributed by atoms with Crippen LogP contribution in [0.1, 0.15) is 6.92 Å². The van der Waals surface area contributed by atoms with E-state index in [-0.39, 0.29) is 12.2 Å². The molecule has 3 heteroatoms. The molecule has 0 N–H and O–H groups in total. The fourth-order valence-corrected chi connectivity index (χ4v) is 4.46. The maximum atomic E-state index is 3.80. The molecule has 0 amide bonds. The first kappa shape index (κ1) is 12.0. The molecule has 0 atom stereocenters. The van der Waals surface area contributed by atoms with Gasteiger partial charge in [0.25, 0.3) is 0 Å². The molecule has 0 aliphatic rings. The lowest BCUT2D eigenvalue weighted by Gasteiger charge is -1.98. The Kier molecular flexibility index (Phi) is 3.91. The third kappa shape index (κ3) is 1.88. The molecule has 2 aromatic rings. The van der Waals surface area contributed by atoms with Crippen LogP contribution in [0.15, 0.2) is 36.9 Å². The Hall–Kier alpha value is -0.498. The molecule has 1 aromatic heterocycles. The zero-order valence-corrected chi connectivity index (χ0v) is 12.5. The molecule has 0 spiro atoms. The number of allylic oxidation sites excluding steroid dienone is 1. The van der Waals surface area contributed by atoms with Crippen molar-refractivity contribution >= 4 is 55.5 Å². The number of benzene rings is 1. The van der Waals surface area contributed by atoms with Crippen LogP contribution >= 0.6 is 20.3 Å². The highest BCUT2D eigenvalue weighted by atomic mass is 127. The maximum Gasteiger partial charge on any atom is 0.478 e. The lowest BCUT2D eigenvalue weighted by Crippen LogP contribution is -2.29. The Labute approximate surface area is 113 Å². The summed E-state index contributed by atoms with van der Waals surface area (Å²) in [5, 5.41) is 3.94. The Bertz CT molecular complexity index is 640. The first-order valence-corrected chi connectivity index (χ1v) is 9.84. The average molecular weight is 336 g/mol. The number of rotatable bonds is 2. The van der Waals surface area contributed by atoms with Crippen LogP contribution in [-0.4, -0.2) is 15.7 Å². The highest BCUT2D eigenvalue weighted by Crippen LogP contribution is 2.07. The van der Waals surface area contributed by atoms with Gasteiger partial charge in [0.05, 0.1) is 0 Å². The minimum Gasteiger partial charge on any atom is -0.431 e. The van der Waals surface area contributed by atoms with Crippen LogP contribution in [-0.2, 0) is 0 Å². The number of para-hydroxylation sites is 1. The van der Waals surface area contributed by atoms with Gasteiger partial charge in [-0.2, -0.15) is 20.3 Å². The number of hydrogen-bond acceptors (Lipinski definition) is 0. The first-order chi connectivity index (χ1) is 7.83. The van der Waals surface area contributed by atoms with Gasteiger partial charge in [-0.3, -0.25) is 0 Å². The second kappa shape index (κ2) is 5.22. The lowest BCUT2D eigenvalue weighted by molar-refractivity contribution is 1.23. The quantitative estimate of drug-likeness (QED) is 0.586. The molecule has 2 rings (SSSR count). The SMILES string of the molecule is C=C/C=c1\c(=C/C)c2ccccc2[n]1[Al][I]. The van der Waals surface area contributed by atoms with Crippen LogP contribution < -0.4 is 10.6 Å². The van der Waals surface area contributed by atoms with Crippen LogP contribution in [0.2, 0.25) is 0 Å². The van der Waals surface area contributed by atoms with Gasteiger partial charge in [0.15, 0.2) is 0 Å². The van der Waals surface area contributed by atoms with E-state index in [4.69, 9.17) is 0 Å². The molecule has 0 aliphatic carbocycles. The normalized spacial score (nSPS) is 13.4. The summed E-state index contributed by atoms with van der Waals surface area (Å²) in [7, 11) is 0. The predicted octanol–water partition coefficient (Wildman–Crippen LogP) is 2.23. The molecule has 0 bridgehead atoms. The summed E-state index contributed by atoms with van der Waals surface area (Å²) >= 11 is 2.69. The summed E-state index contributed by atoms with van der Waals surface area (Å²) in [4.78, 5) is 0. The van der Waals surface area contributed by atoms with E-state index in [1.165, 1.54) is 21.5 Å². The molecule has 0 aliphatic heterocycles. The van der Waals surface area contributed by atoms with Crippen molar-refractivity contribution in [1.82, 2.24) is 3.55 Å². The van der Waals surface area contributed by atoms with Crippen molar-refractivity contribution in [2.75, 3.05) is 0 Å². The van der Waals surface area contributed by atoms with Gasteiger partial charge in [-0.05, 0) is 19.1 Å². The van der Waals surface area contributed by atoms with Gasteiger partial charge in [-0.25, -0.2) is 0 Å². The van der Waals surface area contributed by atoms with E-state index in [9.17, 15) is 0 Å². The number of hydrogen-bond donors (Lipinski definition) is 0. The van der Waals surface area contributed by atoms with Crippen LogP contribution in [0.3, 0.4) is 0 Å². The summed E-state index contributed by atoms with van der Waals surface area (Å²) in [6, 6.07) is 8.57. The smallest absolute Gasteiger partial charge is 0.431 e. The minimum absolute atomic E-state index is 0.212. The molecule has 0 saturated carbocycles. The number of halogens is 1. The van der Waals surface area contributed by atoms with Crippen molar-refractivity contribution in [1.29, 1.82) is 0 Å². The Balaban J connectivity index is 3.09. The molecule has 0 unspecified atom stereocenters. The molecular formula is C13H12AlIN. The van der Waals surface area contributed by atoms with E-state index < -0.39 is 0 Å². The van der Waals surface area contributed by atoms with Gasteiger partial charge in [0, 0.05) is 21.5 Å². The third-order valence-corrected chi connectivity index (χ3v) is 5.07. The summed E-state index contributed by atoms with van der Waals surface area (Å²) in [5.41, 5.74) is 1.33. The summed E-state index contributed by atoms with van der Waals surface area (Å²) in [6.45, 7) is 5.89. The topological polar surface area (TPSA) is 4.93 Å². The van der Waals surface area contributed by atoms with E-state index in [1.807, 2.05) is 6.08 Å². The molecular weight excluding hydrogens is 324 g/mol. The Morgan fingerprint density at radius 2 is 2.12 bits per heavy atom. The summed E-state index contributed by atoms with van der Waals surface area (Å²) < 4.78 is 2.40. The molecule has 1 heterocycles. The monoisotopic (exact) mass is 336 g/mol. The van der Waals surface area contributed by atoms with Crippen molar-refractivity contribution in [3.8, 4) is 0 Å². The first-order valence-electron chi connectivity index (χ1n) is 5.15. The molecule has 0 fully saturated rings. The van der Waals surface area contributed by atoms with Gasteiger partial charge in [-0.1, -0.05) is 36.9 Å². The van der Waals surface area contributed by atoms with Crippen LogP contribution in [0, 0.1) is 0 Å². The highest BCUT2D eigenvalue weighted by molar-refractivity contribution is 14.1. The predicted molar refractivity (Wildman–Crippen MR) is 81.2 cm³/mol. The minimum atomic E-state index is 0.212. The summed E-state index contributed by atoms with van der Waals surface area (Å²) in [5.74, 6) is 0. The zero-order chi connectivity index (χ0) is 11.5. The second-order valence-electron chi connectivity index (χ2n) is 3.47. The number of aromatic nitrogens is 1. The highest BCUT2D eigenvalue weighted by Gasteiger charge is 2.05. The van der Waals surface area contributed by atoms with Crippen molar-refractivity contribution in [3.63, 3.8) is 0 Å². The van der Waals surface area contributed by atoms with Crippen molar-refractivity contribution in [2.24, 2.45) is 0 Å².